The molecular weight excluding hydrogens is 431 g/mol. The summed E-state index contributed by atoms with van der Waals surface area (Å²) in [5, 5.41) is 0. The molecule has 0 saturated heterocycles. The van der Waals surface area contributed by atoms with E-state index in [1.54, 1.807) is 36.3 Å². The SMILES string of the molecule is COc1ccc(C(=O)N2c3cc(CNS(=O)(=O)c4ccccc4F)ccc3C[C@H]2C)cc1. The number of benzene rings is 3. The number of hydrogen-bond donors (Lipinski definition) is 1. The zero-order valence-corrected chi connectivity index (χ0v) is 18.5. The summed E-state index contributed by atoms with van der Waals surface area (Å²) in [4.78, 5) is 14.5. The molecule has 1 amide bonds. The van der Waals surface area contributed by atoms with Gasteiger partial charge in [0.05, 0.1) is 7.11 Å². The molecule has 6 nitrogen and oxygen atoms in total. The molecular formula is C24H23FN2O4S. The zero-order chi connectivity index (χ0) is 22.9. The van der Waals surface area contributed by atoms with Gasteiger partial charge in [-0.3, -0.25) is 4.79 Å². The van der Waals surface area contributed by atoms with Gasteiger partial charge in [-0.15, -0.1) is 0 Å². The molecule has 3 aromatic carbocycles. The highest BCUT2D eigenvalue weighted by molar-refractivity contribution is 7.89. The molecule has 0 radical (unpaired) electrons. The van der Waals surface area contributed by atoms with Crippen LogP contribution in [0.4, 0.5) is 10.1 Å². The second kappa shape index (κ2) is 8.72. The Morgan fingerprint density at radius 3 is 2.53 bits per heavy atom. The molecule has 0 fully saturated rings. The van der Waals surface area contributed by atoms with Gasteiger partial charge in [0, 0.05) is 23.8 Å². The molecule has 32 heavy (non-hydrogen) atoms. The first-order valence-electron chi connectivity index (χ1n) is 10.1. The van der Waals surface area contributed by atoms with Crippen LogP contribution >= 0.6 is 0 Å². The summed E-state index contributed by atoms with van der Waals surface area (Å²) in [5.41, 5.74) is 2.97. The Balaban J connectivity index is 1.56. The Morgan fingerprint density at radius 2 is 1.84 bits per heavy atom. The topological polar surface area (TPSA) is 75.7 Å². The van der Waals surface area contributed by atoms with Crippen molar-refractivity contribution >= 4 is 21.6 Å². The van der Waals surface area contributed by atoms with Crippen LogP contribution in [0.5, 0.6) is 5.75 Å². The predicted molar refractivity (Wildman–Crippen MR) is 120 cm³/mol. The first kappa shape index (κ1) is 22.0. The van der Waals surface area contributed by atoms with E-state index < -0.39 is 20.7 Å². The third-order valence-corrected chi connectivity index (χ3v) is 6.95. The number of anilines is 1. The molecule has 0 aliphatic carbocycles. The minimum absolute atomic E-state index is 0.0249. The summed E-state index contributed by atoms with van der Waals surface area (Å²) in [6.45, 7) is 1.95. The van der Waals surface area contributed by atoms with Crippen LogP contribution in [0.2, 0.25) is 0 Å². The molecule has 166 valence electrons. The maximum atomic E-state index is 13.9. The molecule has 8 heteroatoms. The fraction of sp³-hybridized carbons (Fsp3) is 0.208. The van der Waals surface area contributed by atoms with E-state index in [9.17, 15) is 17.6 Å². The Morgan fingerprint density at radius 1 is 1.12 bits per heavy atom. The number of nitrogens with zero attached hydrogens (tertiary/aromatic N) is 1. The Bertz CT molecular complexity index is 1260. The van der Waals surface area contributed by atoms with Crippen molar-refractivity contribution in [2.24, 2.45) is 0 Å². The summed E-state index contributed by atoms with van der Waals surface area (Å²) < 4.78 is 46.5. The van der Waals surface area contributed by atoms with Crippen molar-refractivity contribution in [3.05, 3.63) is 89.2 Å². The summed E-state index contributed by atoms with van der Waals surface area (Å²) in [6.07, 6.45) is 0.707. The third kappa shape index (κ3) is 4.24. The van der Waals surface area contributed by atoms with Crippen molar-refractivity contribution in [1.82, 2.24) is 4.72 Å². The van der Waals surface area contributed by atoms with Crippen molar-refractivity contribution in [2.75, 3.05) is 12.0 Å². The molecule has 0 spiro atoms. The predicted octanol–water partition coefficient (Wildman–Crippen LogP) is 3.90. The quantitative estimate of drug-likeness (QED) is 0.613. The minimum Gasteiger partial charge on any atom is -0.497 e. The highest BCUT2D eigenvalue weighted by Gasteiger charge is 2.32. The molecule has 1 aliphatic rings. The van der Waals surface area contributed by atoms with Crippen LogP contribution in [-0.4, -0.2) is 27.5 Å². The van der Waals surface area contributed by atoms with Gasteiger partial charge in [0.25, 0.3) is 5.91 Å². The molecule has 3 aromatic rings. The summed E-state index contributed by atoms with van der Waals surface area (Å²) in [6, 6.07) is 17.6. The zero-order valence-electron chi connectivity index (χ0n) is 17.7. The molecule has 0 unspecified atom stereocenters. The normalized spacial score (nSPS) is 15.5. The average molecular weight is 455 g/mol. The van der Waals surface area contributed by atoms with Gasteiger partial charge in [0.1, 0.15) is 16.5 Å². The number of halogens is 1. The molecule has 1 aliphatic heterocycles. The average Bonchev–Trinajstić information content (AvgIpc) is 3.12. The highest BCUT2D eigenvalue weighted by atomic mass is 32.2. The van der Waals surface area contributed by atoms with Crippen LogP contribution in [0.25, 0.3) is 0 Å². The molecule has 4 rings (SSSR count). The second-order valence-corrected chi connectivity index (χ2v) is 9.41. The molecule has 1 heterocycles. The smallest absolute Gasteiger partial charge is 0.258 e. The molecule has 1 N–H and O–H groups in total. The molecule has 1 atom stereocenters. The largest absolute Gasteiger partial charge is 0.497 e. The van der Waals surface area contributed by atoms with Crippen molar-refractivity contribution in [3.63, 3.8) is 0 Å². The van der Waals surface area contributed by atoms with Gasteiger partial charge in [-0.1, -0.05) is 24.3 Å². The van der Waals surface area contributed by atoms with Crippen molar-refractivity contribution in [1.29, 1.82) is 0 Å². The van der Waals surface area contributed by atoms with Crippen LogP contribution in [-0.2, 0) is 23.0 Å². The van der Waals surface area contributed by atoms with Gasteiger partial charge in [0.15, 0.2) is 0 Å². The van der Waals surface area contributed by atoms with Crippen LogP contribution in [0.1, 0.15) is 28.4 Å². The van der Waals surface area contributed by atoms with E-state index in [-0.39, 0.29) is 18.5 Å². The number of carbonyl (C=O) groups is 1. The maximum Gasteiger partial charge on any atom is 0.258 e. The van der Waals surface area contributed by atoms with Gasteiger partial charge < -0.3 is 9.64 Å². The number of ether oxygens (including phenoxy) is 1. The number of sulfonamides is 1. The van der Waals surface area contributed by atoms with Gasteiger partial charge in [-0.2, -0.15) is 0 Å². The Kier molecular flexibility index (Phi) is 5.99. The van der Waals surface area contributed by atoms with Crippen LogP contribution < -0.4 is 14.4 Å². The van der Waals surface area contributed by atoms with E-state index in [4.69, 9.17) is 4.74 Å². The lowest BCUT2D eigenvalue weighted by Gasteiger charge is -2.23. The van der Waals surface area contributed by atoms with Crippen molar-refractivity contribution < 1.29 is 22.3 Å². The standard InChI is InChI=1S/C24H23FN2O4S/c1-16-13-19-8-7-17(15-26-32(29,30)23-6-4-3-5-21(23)25)14-22(19)27(16)24(28)18-9-11-20(31-2)12-10-18/h3-12,14,16,26H,13,15H2,1-2H3/t16-/m1/s1. The van der Waals surface area contributed by atoms with Crippen molar-refractivity contribution in [2.45, 2.75) is 30.8 Å². The molecule has 0 bridgehead atoms. The van der Waals surface area contributed by atoms with E-state index in [2.05, 4.69) is 4.72 Å². The van der Waals surface area contributed by atoms with E-state index in [0.717, 1.165) is 17.3 Å². The van der Waals surface area contributed by atoms with E-state index in [1.165, 1.54) is 18.2 Å². The number of nitrogens with one attached hydrogen (secondary N) is 1. The summed E-state index contributed by atoms with van der Waals surface area (Å²) >= 11 is 0. The van der Waals surface area contributed by atoms with Crippen LogP contribution in [0.15, 0.2) is 71.6 Å². The van der Waals surface area contributed by atoms with Gasteiger partial charge in [-0.05, 0) is 66.9 Å². The number of carbonyl (C=O) groups excluding carboxylic acids is 1. The highest BCUT2D eigenvalue weighted by Crippen LogP contribution is 2.34. The Hall–Kier alpha value is -3.23. The lowest BCUT2D eigenvalue weighted by molar-refractivity contribution is 0.0981. The fourth-order valence-corrected chi connectivity index (χ4v) is 4.96. The van der Waals surface area contributed by atoms with Gasteiger partial charge in [0.2, 0.25) is 10.0 Å². The van der Waals surface area contributed by atoms with Gasteiger partial charge in [-0.25, -0.2) is 17.5 Å². The lowest BCUT2D eigenvalue weighted by Crippen LogP contribution is -2.35. The number of fused-ring (bicyclic) bond motifs is 1. The number of rotatable bonds is 6. The van der Waals surface area contributed by atoms with Crippen LogP contribution in [0, 0.1) is 5.82 Å². The van der Waals surface area contributed by atoms with Gasteiger partial charge >= 0.3 is 0 Å². The number of hydrogen-bond acceptors (Lipinski definition) is 4. The Labute approximate surface area is 186 Å². The van der Waals surface area contributed by atoms with E-state index in [1.807, 2.05) is 25.1 Å². The lowest BCUT2D eigenvalue weighted by atomic mass is 10.1. The van der Waals surface area contributed by atoms with Crippen LogP contribution in [0.3, 0.4) is 0 Å². The summed E-state index contributed by atoms with van der Waals surface area (Å²) in [7, 11) is -2.44. The first-order chi connectivity index (χ1) is 15.3. The maximum absolute atomic E-state index is 13.9. The number of amides is 1. The molecule has 0 aromatic heterocycles. The minimum atomic E-state index is -4.01. The number of methoxy groups -OCH3 is 1. The van der Waals surface area contributed by atoms with E-state index >= 15 is 0 Å². The first-order valence-corrected chi connectivity index (χ1v) is 11.6. The fourth-order valence-electron chi connectivity index (χ4n) is 3.86. The third-order valence-electron chi connectivity index (χ3n) is 5.51. The van der Waals surface area contributed by atoms with Crippen molar-refractivity contribution in [3.8, 4) is 5.75 Å². The second-order valence-electron chi connectivity index (χ2n) is 7.67. The monoisotopic (exact) mass is 454 g/mol. The van der Waals surface area contributed by atoms with E-state index in [0.29, 0.717) is 23.3 Å². The molecule has 0 saturated carbocycles. The summed E-state index contributed by atoms with van der Waals surface area (Å²) in [5.74, 6) is -0.275.